The molecule has 0 spiro atoms. The van der Waals surface area contributed by atoms with Crippen molar-refractivity contribution in [2.45, 2.75) is 304 Å². The molecule has 19 heteroatoms. The van der Waals surface area contributed by atoms with Crippen LogP contribution in [0.15, 0.2) is 0 Å². The van der Waals surface area contributed by atoms with Gasteiger partial charge in [-0.2, -0.15) is 0 Å². The van der Waals surface area contributed by atoms with Crippen LogP contribution in [0.25, 0.3) is 0 Å². The lowest BCUT2D eigenvalue weighted by Gasteiger charge is -2.21. The number of carbonyl (C=O) groups excluding carboxylic acids is 4. The first-order valence-corrected chi connectivity index (χ1v) is 34.0. The standard InChI is InChI=1S/C59H114O17P2/c1-7-10-12-14-16-18-23-31-37-43-58(63)75-54(47-69-56(61)41-35-29-21-15-13-11-8-2)49-73-77(65,66)71-45-53(60)46-72-78(67,68)74-50-55(48-70-57(62)42-36-30-26-25-28-34-40-52(6)9-3)76-59(64)44-38-32-24-20-17-19-22-27-33-39-51(4)5/h51-55,60H,7-50H2,1-6H3,(H,65,66)(H,67,68)/t52?,53-,54+,55+/m0/s1. The molecule has 0 aliphatic heterocycles. The molecule has 0 fully saturated rings. The van der Waals surface area contributed by atoms with E-state index in [1.165, 1.54) is 83.5 Å². The van der Waals surface area contributed by atoms with Gasteiger partial charge in [-0.1, -0.05) is 234 Å². The maximum Gasteiger partial charge on any atom is 0.472 e. The number of aliphatic hydroxyl groups is 1. The molecule has 3 N–H and O–H groups in total. The number of phosphoric acid groups is 2. The lowest BCUT2D eigenvalue weighted by Crippen LogP contribution is -2.30. The van der Waals surface area contributed by atoms with Gasteiger partial charge in [0.25, 0.3) is 0 Å². The number of esters is 4. The molecule has 0 saturated heterocycles. The molecule has 0 aliphatic carbocycles. The van der Waals surface area contributed by atoms with Crippen molar-refractivity contribution in [3.8, 4) is 0 Å². The molecule has 0 aliphatic rings. The minimum atomic E-state index is -4.94. The number of unbranched alkanes of at least 4 members (excludes halogenated alkanes) is 27. The quantitative estimate of drug-likeness (QED) is 0.0222. The highest BCUT2D eigenvalue weighted by molar-refractivity contribution is 7.47. The Morgan fingerprint density at radius 2 is 0.654 bits per heavy atom. The summed E-state index contributed by atoms with van der Waals surface area (Å²) < 4.78 is 67.6. The second kappa shape index (κ2) is 51.9. The number of aliphatic hydroxyl groups excluding tert-OH is 1. The Morgan fingerprint density at radius 1 is 0.372 bits per heavy atom. The van der Waals surface area contributed by atoms with Crippen LogP contribution in [-0.4, -0.2) is 96.7 Å². The molecule has 3 unspecified atom stereocenters. The van der Waals surface area contributed by atoms with E-state index in [0.717, 1.165) is 121 Å². The van der Waals surface area contributed by atoms with Gasteiger partial charge < -0.3 is 33.8 Å². The lowest BCUT2D eigenvalue weighted by molar-refractivity contribution is -0.161. The normalized spacial score (nSPS) is 14.8. The summed E-state index contributed by atoms with van der Waals surface area (Å²) in [6.45, 7) is 9.33. The summed E-state index contributed by atoms with van der Waals surface area (Å²) in [4.78, 5) is 71.8. The molecule has 78 heavy (non-hydrogen) atoms. The van der Waals surface area contributed by atoms with Crippen LogP contribution < -0.4 is 0 Å². The molecule has 6 atom stereocenters. The molecule has 0 aromatic rings. The van der Waals surface area contributed by atoms with Crippen LogP contribution in [0.4, 0.5) is 0 Å². The summed E-state index contributed by atoms with van der Waals surface area (Å²) in [6.07, 6.45) is 32.2. The van der Waals surface area contributed by atoms with E-state index in [1.807, 2.05) is 0 Å². The summed E-state index contributed by atoms with van der Waals surface area (Å²) >= 11 is 0. The van der Waals surface area contributed by atoms with Gasteiger partial charge in [-0.05, 0) is 37.5 Å². The molecule has 0 amide bonds. The number of hydrogen-bond acceptors (Lipinski definition) is 15. The van der Waals surface area contributed by atoms with Crippen LogP contribution in [0, 0.1) is 11.8 Å². The van der Waals surface area contributed by atoms with E-state index in [0.29, 0.717) is 25.7 Å². The molecule has 0 radical (unpaired) electrons. The van der Waals surface area contributed by atoms with Gasteiger partial charge in [-0.3, -0.25) is 37.3 Å². The molecular weight excluding hydrogens is 1040 g/mol. The third-order valence-corrected chi connectivity index (χ3v) is 15.7. The van der Waals surface area contributed by atoms with Crippen molar-refractivity contribution in [2.24, 2.45) is 11.8 Å². The second-order valence-electron chi connectivity index (χ2n) is 22.1. The van der Waals surface area contributed by atoms with Gasteiger partial charge in [-0.15, -0.1) is 0 Å². The maximum atomic E-state index is 12.9. The Morgan fingerprint density at radius 3 is 0.974 bits per heavy atom. The molecule has 0 aromatic carbocycles. The fraction of sp³-hybridized carbons (Fsp3) is 0.932. The van der Waals surface area contributed by atoms with Crippen molar-refractivity contribution in [2.75, 3.05) is 39.6 Å². The minimum Gasteiger partial charge on any atom is -0.462 e. The zero-order valence-electron chi connectivity index (χ0n) is 50.0. The van der Waals surface area contributed by atoms with Gasteiger partial charge in [0.05, 0.1) is 26.4 Å². The molecular formula is C59H114O17P2. The van der Waals surface area contributed by atoms with Gasteiger partial charge in [0.15, 0.2) is 12.2 Å². The fourth-order valence-corrected chi connectivity index (χ4v) is 10.2. The largest absolute Gasteiger partial charge is 0.472 e. The highest BCUT2D eigenvalue weighted by atomic mass is 31.2. The lowest BCUT2D eigenvalue weighted by atomic mass is 10.00. The van der Waals surface area contributed by atoms with Crippen molar-refractivity contribution in [3.63, 3.8) is 0 Å². The summed E-state index contributed by atoms with van der Waals surface area (Å²) in [5, 5.41) is 10.5. The van der Waals surface area contributed by atoms with Gasteiger partial charge in [0.2, 0.25) is 0 Å². The first-order chi connectivity index (χ1) is 37.4. The van der Waals surface area contributed by atoms with E-state index < -0.39 is 97.5 Å². The van der Waals surface area contributed by atoms with Crippen LogP contribution in [-0.2, 0) is 65.4 Å². The molecule has 0 bridgehead atoms. The maximum absolute atomic E-state index is 12.9. The first-order valence-electron chi connectivity index (χ1n) is 31.0. The van der Waals surface area contributed by atoms with E-state index in [2.05, 4.69) is 41.5 Å². The average molecular weight is 1160 g/mol. The van der Waals surface area contributed by atoms with E-state index in [9.17, 15) is 43.2 Å². The monoisotopic (exact) mass is 1160 g/mol. The summed E-state index contributed by atoms with van der Waals surface area (Å²) in [5.41, 5.74) is 0. The Bertz CT molecular complexity index is 1550. The molecule has 17 nitrogen and oxygen atoms in total. The van der Waals surface area contributed by atoms with Crippen molar-refractivity contribution < 1.29 is 80.2 Å². The number of hydrogen-bond donors (Lipinski definition) is 3. The van der Waals surface area contributed by atoms with Crippen molar-refractivity contribution in [1.82, 2.24) is 0 Å². The smallest absolute Gasteiger partial charge is 0.462 e. The fourth-order valence-electron chi connectivity index (χ4n) is 8.61. The Kier molecular flexibility index (Phi) is 50.6. The third kappa shape index (κ3) is 52.2. The number of phosphoric ester groups is 2. The highest BCUT2D eigenvalue weighted by Gasteiger charge is 2.30. The highest BCUT2D eigenvalue weighted by Crippen LogP contribution is 2.45. The van der Waals surface area contributed by atoms with Gasteiger partial charge in [0.1, 0.15) is 19.3 Å². The van der Waals surface area contributed by atoms with E-state index in [1.54, 1.807) is 0 Å². The van der Waals surface area contributed by atoms with Crippen molar-refractivity contribution in [3.05, 3.63) is 0 Å². The van der Waals surface area contributed by atoms with Crippen LogP contribution in [0.1, 0.15) is 286 Å². The predicted molar refractivity (Wildman–Crippen MR) is 308 cm³/mol. The predicted octanol–water partition coefficient (Wildman–Crippen LogP) is 15.7. The molecule has 0 rings (SSSR count). The van der Waals surface area contributed by atoms with Crippen LogP contribution in [0.3, 0.4) is 0 Å². The van der Waals surface area contributed by atoms with Crippen LogP contribution in [0.2, 0.25) is 0 Å². The number of rotatable bonds is 58. The zero-order chi connectivity index (χ0) is 58.0. The number of ether oxygens (including phenoxy) is 4. The van der Waals surface area contributed by atoms with Crippen LogP contribution in [0.5, 0.6) is 0 Å². The van der Waals surface area contributed by atoms with E-state index in [-0.39, 0.29) is 25.7 Å². The number of carbonyl (C=O) groups is 4. The Labute approximate surface area is 473 Å². The molecule has 0 heterocycles. The summed E-state index contributed by atoms with van der Waals surface area (Å²) in [7, 11) is -9.87. The average Bonchev–Trinajstić information content (AvgIpc) is 3.40. The first kappa shape index (κ1) is 76.1. The SMILES string of the molecule is CCCCCCCCCCCC(=O)O[C@H](COC(=O)CCCCCCCCC)COP(=O)(O)OC[C@H](O)COP(=O)(O)OC[C@@H](COC(=O)CCCCCCCCC(C)CC)OC(=O)CCCCCCCCCCCC(C)C. The molecule has 0 aromatic heterocycles. The van der Waals surface area contributed by atoms with Crippen molar-refractivity contribution in [1.29, 1.82) is 0 Å². The summed E-state index contributed by atoms with van der Waals surface area (Å²) in [6, 6.07) is 0. The van der Waals surface area contributed by atoms with Crippen molar-refractivity contribution >= 4 is 39.5 Å². The van der Waals surface area contributed by atoms with Gasteiger partial charge in [0, 0.05) is 25.7 Å². The zero-order valence-corrected chi connectivity index (χ0v) is 51.7. The molecule has 462 valence electrons. The minimum absolute atomic E-state index is 0.104. The van der Waals surface area contributed by atoms with E-state index >= 15 is 0 Å². The van der Waals surface area contributed by atoms with Gasteiger partial charge in [-0.25, -0.2) is 9.13 Å². The van der Waals surface area contributed by atoms with E-state index in [4.69, 9.17) is 37.0 Å². The third-order valence-electron chi connectivity index (χ3n) is 13.8. The van der Waals surface area contributed by atoms with Crippen LogP contribution >= 0.6 is 15.6 Å². The Balaban J connectivity index is 5.22. The van der Waals surface area contributed by atoms with Gasteiger partial charge >= 0.3 is 39.5 Å². The summed E-state index contributed by atoms with van der Waals surface area (Å²) in [5.74, 6) is -0.680. The topological polar surface area (TPSA) is 237 Å². The Hall–Kier alpha value is -1.94. The second-order valence-corrected chi connectivity index (χ2v) is 25.0. The molecule has 0 saturated carbocycles.